The number of nitrogens with one attached hydrogen (secondary N) is 1. The number of halogens is 1. The predicted octanol–water partition coefficient (Wildman–Crippen LogP) is 3.27. The quantitative estimate of drug-likeness (QED) is 0.724. The lowest BCUT2D eigenvalue weighted by molar-refractivity contribution is 0.0950. The molecule has 23 heavy (non-hydrogen) atoms. The molecule has 2 aromatic rings. The van der Waals surface area contributed by atoms with Gasteiger partial charge in [-0.15, -0.1) is 12.4 Å². The molecular weight excluding hydrogens is 316 g/mol. The lowest BCUT2D eigenvalue weighted by atomic mass is 10.2. The molecule has 0 radical (unpaired) electrons. The summed E-state index contributed by atoms with van der Waals surface area (Å²) < 4.78 is 10.8. The van der Waals surface area contributed by atoms with Crippen molar-refractivity contribution >= 4 is 18.3 Å². The summed E-state index contributed by atoms with van der Waals surface area (Å²) in [7, 11) is 0. The van der Waals surface area contributed by atoms with Crippen molar-refractivity contribution in [2.75, 3.05) is 6.61 Å². The third-order valence-corrected chi connectivity index (χ3v) is 3.24. The lowest BCUT2D eigenvalue weighted by Gasteiger charge is -2.08. The maximum absolute atomic E-state index is 12.0. The van der Waals surface area contributed by atoms with Crippen LogP contribution in [-0.4, -0.2) is 12.5 Å². The van der Waals surface area contributed by atoms with Gasteiger partial charge in [-0.3, -0.25) is 4.79 Å². The molecule has 3 N–H and O–H groups in total. The average molecular weight is 339 g/mol. The summed E-state index contributed by atoms with van der Waals surface area (Å²) in [5, 5.41) is 2.85. The molecular formula is C17H23ClN2O3. The topological polar surface area (TPSA) is 77.5 Å². The Labute approximate surface area is 142 Å². The monoisotopic (exact) mass is 338 g/mol. The van der Waals surface area contributed by atoms with Crippen LogP contribution in [0.4, 0.5) is 0 Å². The smallest absolute Gasteiger partial charge is 0.254 e. The molecule has 0 aliphatic rings. The zero-order valence-corrected chi connectivity index (χ0v) is 14.0. The van der Waals surface area contributed by atoms with Gasteiger partial charge in [0.25, 0.3) is 5.91 Å². The average Bonchev–Trinajstić information content (AvgIpc) is 3.02. The molecule has 126 valence electrons. The van der Waals surface area contributed by atoms with E-state index in [9.17, 15) is 4.79 Å². The van der Waals surface area contributed by atoms with E-state index < -0.39 is 0 Å². The van der Waals surface area contributed by atoms with Crippen LogP contribution in [0, 0.1) is 0 Å². The number of ether oxygens (including phenoxy) is 1. The summed E-state index contributed by atoms with van der Waals surface area (Å²) in [5.41, 5.74) is 6.93. The first-order valence-corrected chi connectivity index (χ1v) is 7.50. The molecule has 2 rings (SSSR count). The normalized spacial score (nSPS) is 10.0. The third kappa shape index (κ3) is 5.96. The molecule has 0 saturated carbocycles. The highest BCUT2D eigenvalue weighted by Gasteiger charge is 2.09. The van der Waals surface area contributed by atoms with E-state index in [-0.39, 0.29) is 24.9 Å². The SMILES string of the molecule is CCCCOc1cccc(CNC(=O)c2coc(CN)c2)c1.Cl. The molecule has 0 atom stereocenters. The molecule has 0 saturated heterocycles. The van der Waals surface area contributed by atoms with Gasteiger partial charge >= 0.3 is 0 Å². The Kier molecular flexibility index (Phi) is 8.22. The van der Waals surface area contributed by atoms with Crippen LogP contribution < -0.4 is 15.8 Å². The van der Waals surface area contributed by atoms with E-state index in [4.69, 9.17) is 14.9 Å². The van der Waals surface area contributed by atoms with Crippen LogP contribution in [0.3, 0.4) is 0 Å². The van der Waals surface area contributed by atoms with E-state index in [1.165, 1.54) is 6.26 Å². The van der Waals surface area contributed by atoms with E-state index in [1.807, 2.05) is 24.3 Å². The number of carbonyl (C=O) groups is 1. The number of unbranched alkanes of at least 4 members (excludes halogenated alkanes) is 1. The molecule has 1 heterocycles. The van der Waals surface area contributed by atoms with Crippen molar-refractivity contribution in [3.05, 3.63) is 53.5 Å². The van der Waals surface area contributed by atoms with Crippen molar-refractivity contribution in [3.8, 4) is 5.75 Å². The van der Waals surface area contributed by atoms with Gasteiger partial charge in [-0.1, -0.05) is 25.5 Å². The van der Waals surface area contributed by atoms with Gasteiger partial charge in [-0.2, -0.15) is 0 Å². The van der Waals surface area contributed by atoms with E-state index in [2.05, 4.69) is 12.2 Å². The first-order chi connectivity index (χ1) is 10.7. The number of hydrogen-bond acceptors (Lipinski definition) is 4. The van der Waals surface area contributed by atoms with Crippen molar-refractivity contribution < 1.29 is 13.9 Å². The van der Waals surface area contributed by atoms with Crippen LogP contribution in [0.1, 0.15) is 41.4 Å². The molecule has 6 heteroatoms. The highest BCUT2D eigenvalue weighted by molar-refractivity contribution is 5.93. The number of nitrogens with two attached hydrogens (primary N) is 1. The minimum Gasteiger partial charge on any atom is -0.494 e. The van der Waals surface area contributed by atoms with Crippen molar-refractivity contribution in [2.45, 2.75) is 32.9 Å². The lowest BCUT2D eigenvalue weighted by Crippen LogP contribution is -2.22. The summed E-state index contributed by atoms with van der Waals surface area (Å²) in [5.74, 6) is 1.24. The Hall–Kier alpha value is -1.98. The molecule has 0 unspecified atom stereocenters. The van der Waals surface area contributed by atoms with Gasteiger partial charge < -0.3 is 20.2 Å². The fourth-order valence-corrected chi connectivity index (χ4v) is 1.97. The van der Waals surface area contributed by atoms with Crippen LogP contribution in [0.15, 0.2) is 41.0 Å². The van der Waals surface area contributed by atoms with Crippen molar-refractivity contribution in [1.29, 1.82) is 0 Å². The molecule has 1 aromatic heterocycles. The zero-order chi connectivity index (χ0) is 15.8. The fraction of sp³-hybridized carbons (Fsp3) is 0.353. The standard InChI is InChI=1S/C17H22N2O3.ClH/c1-2-3-7-21-15-6-4-5-13(8-15)11-19-17(20)14-9-16(10-18)22-12-14;/h4-6,8-9,12H,2-3,7,10-11,18H2,1H3,(H,19,20);1H. The zero-order valence-electron chi connectivity index (χ0n) is 13.2. The van der Waals surface area contributed by atoms with Crippen molar-refractivity contribution in [1.82, 2.24) is 5.32 Å². The Balaban J connectivity index is 0.00000264. The molecule has 1 aromatic carbocycles. The number of amides is 1. The second-order valence-corrected chi connectivity index (χ2v) is 5.04. The molecule has 5 nitrogen and oxygen atoms in total. The number of rotatable bonds is 8. The maximum Gasteiger partial charge on any atom is 0.254 e. The van der Waals surface area contributed by atoms with E-state index in [0.717, 1.165) is 24.2 Å². The van der Waals surface area contributed by atoms with Gasteiger partial charge in [-0.05, 0) is 30.2 Å². The largest absolute Gasteiger partial charge is 0.494 e. The summed E-state index contributed by atoms with van der Waals surface area (Å²) in [6, 6.07) is 9.39. The summed E-state index contributed by atoms with van der Waals surface area (Å²) >= 11 is 0. The third-order valence-electron chi connectivity index (χ3n) is 3.24. The molecule has 0 aliphatic heterocycles. The summed E-state index contributed by atoms with van der Waals surface area (Å²) in [6.45, 7) is 3.56. The molecule has 0 fully saturated rings. The minimum absolute atomic E-state index is 0. The highest BCUT2D eigenvalue weighted by atomic mass is 35.5. The second kappa shape index (κ2) is 9.92. The van der Waals surface area contributed by atoms with Gasteiger partial charge in [-0.25, -0.2) is 0 Å². The Bertz CT molecular complexity index is 613. The Morgan fingerprint density at radius 1 is 1.35 bits per heavy atom. The van der Waals surface area contributed by atoms with Gasteiger partial charge in [0, 0.05) is 6.54 Å². The van der Waals surface area contributed by atoms with E-state index in [0.29, 0.717) is 24.5 Å². The minimum atomic E-state index is -0.180. The number of benzene rings is 1. The Morgan fingerprint density at radius 3 is 2.87 bits per heavy atom. The van der Waals surface area contributed by atoms with Crippen molar-refractivity contribution in [3.63, 3.8) is 0 Å². The highest BCUT2D eigenvalue weighted by Crippen LogP contribution is 2.14. The van der Waals surface area contributed by atoms with Crippen LogP contribution in [-0.2, 0) is 13.1 Å². The van der Waals surface area contributed by atoms with Gasteiger partial charge in [0.1, 0.15) is 17.8 Å². The summed E-state index contributed by atoms with van der Waals surface area (Å²) in [6.07, 6.45) is 3.55. The van der Waals surface area contributed by atoms with Gasteiger partial charge in [0.2, 0.25) is 0 Å². The van der Waals surface area contributed by atoms with Crippen LogP contribution >= 0.6 is 12.4 Å². The van der Waals surface area contributed by atoms with E-state index >= 15 is 0 Å². The Morgan fingerprint density at radius 2 is 2.17 bits per heavy atom. The molecule has 0 aliphatic carbocycles. The van der Waals surface area contributed by atoms with Crippen molar-refractivity contribution in [2.24, 2.45) is 5.73 Å². The number of furan rings is 1. The molecule has 1 amide bonds. The van der Waals surface area contributed by atoms with Crippen LogP contribution in [0.25, 0.3) is 0 Å². The predicted molar refractivity (Wildman–Crippen MR) is 91.9 cm³/mol. The number of hydrogen-bond donors (Lipinski definition) is 2. The van der Waals surface area contributed by atoms with Gasteiger partial charge in [0.05, 0.1) is 18.7 Å². The van der Waals surface area contributed by atoms with E-state index in [1.54, 1.807) is 6.07 Å². The number of carbonyl (C=O) groups excluding carboxylic acids is 1. The second-order valence-electron chi connectivity index (χ2n) is 5.04. The van der Waals surface area contributed by atoms with Gasteiger partial charge in [0.15, 0.2) is 0 Å². The van der Waals surface area contributed by atoms with Crippen LogP contribution in [0.2, 0.25) is 0 Å². The first kappa shape index (κ1) is 19.1. The molecule has 0 spiro atoms. The fourth-order valence-electron chi connectivity index (χ4n) is 1.97. The first-order valence-electron chi connectivity index (χ1n) is 7.50. The van der Waals surface area contributed by atoms with Crippen LogP contribution in [0.5, 0.6) is 5.75 Å². The maximum atomic E-state index is 12.0. The summed E-state index contributed by atoms with van der Waals surface area (Å²) in [4.78, 5) is 12.0. The molecule has 0 bridgehead atoms.